The molecule has 9 heteroatoms. The van der Waals surface area contributed by atoms with Crippen molar-refractivity contribution in [3.05, 3.63) is 48.4 Å². The maximum Gasteiger partial charge on any atom is 0.243 e. The molecule has 3 rings (SSSR count). The summed E-state index contributed by atoms with van der Waals surface area (Å²) in [5.74, 6) is 0.649. The first kappa shape index (κ1) is 21.2. The fraction of sp³-hybridized carbons (Fsp3) is 0.389. The Balaban J connectivity index is 0.00000261. The molecule has 1 fully saturated rings. The SMILES string of the molecule is CN=C(NCC(=O)Nc1ccccc1)N1CCN(Cc2ccon2)CC1.I. The topological polar surface area (TPSA) is 86.0 Å². The van der Waals surface area contributed by atoms with Gasteiger partial charge < -0.3 is 20.1 Å². The zero-order chi connectivity index (χ0) is 18.2. The lowest BCUT2D eigenvalue weighted by atomic mass is 10.3. The molecule has 1 aromatic heterocycles. The van der Waals surface area contributed by atoms with Crippen molar-refractivity contribution in [3.63, 3.8) is 0 Å². The second kappa shape index (κ2) is 10.9. The number of aromatic nitrogens is 1. The molecule has 1 amide bonds. The van der Waals surface area contributed by atoms with Gasteiger partial charge >= 0.3 is 0 Å². The molecule has 0 radical (unpaired) electrons. The maximum atomic E-state index is 12.1. The number of para-hydroxylation sites is 1. The minimum atomic E-state index is -0.0954. The molecule has 2 heterocycles. The number of aliphatic imine (C=N–C) groups is 1. The van der Waals surface area contributed by atoms with Gasteiger partial charge in [-0.3, -0.25) is 14.7 Å². The van der Waals surface area contributed by atoms with Crippen LogP contribution in [-0.2, 0) is 11.3 Å². The van der Waals surface area contributed by atoms with E-state index in [9.17, 15) is 4.79 Å². The quantitative estimate of drug-likeness (QED) is 0.381. The van der Waals surface area contributed by atoms with Gasteiger partial charge in [0.2, 0.25) is 5.91 Å². The summed E-state index contributed by atoms with van der Waals surface area (Å²) >= 11 is 0. The summed E-state index contributed by atoms with van der Waals surface area (Å²) in [6.07, 6.45) is 1.60. The first-order chi connectivity index (χ1) is 12.7. The van der Waals surface area contributed by atoms with E-state index in [4.69, 9.17) is 4.52 Å². The van der Waals surface area contributed by atoms with Gasteiger partial charge in [-0.25, -0.2) is 0 Å². The normalized spacial score (nSPS) is 15.1. The van der Waals surface area contributed by atoms with Crippen LogP contribution in [0.25, 0.3) is 0 Å². The Morgan fingerprint density at radius 3 is 2.56 bits per heavy atom. The van der Waals surface area contributed by atoms with E-state index in [1.54, 1.807) is 13.3 Å². The molecule has 146 valence electrons. The molecule has 1 aliphatic heterocycles. The van der Waals surface area contributed by atoms with Gasteiger partial charge in [-0.1, -0.05) is 23.4 Å². The number of nitrogens with zero attached hydrogens (tertiary/aromatic N) is 4. The van der Waals surface area contributed by atoms with Crippen LogP contribution in [0.5, 0.6) is 0 Å². The van der Waals surface area contributed by atoms with Gasteiger partial charge in [0.25, 0.3) is 0 Å². The summed E-state index contributed by atoms with van der Waals surface area (Å²) in [5, 5.41) is 9.95. The number of hydrogen-bond acceptors (Lipinski definition) is 5. The van der Waals surface area contributed by atoms with Crippen molar-refractivity contribution in [2.75, 3.05) is 45.1 Å². The molecule has 8 nitrogen and oxygen atoms in total. The Hall–Kier alpha value is -2.14. The van der Waals surface area contributed by atoms with Crippen LogP contribution in [0.2, 0.25) is 0 Å². The summed E-state index contributed by atoms with van der Waals surface area (Å²) in [7, 11) is 1.74. The van der Waals surface area contributed by atoms with Crippen molar-refractivity contribution in [2.45, 2.75) is 6.54 Å². The first-order valence-electron chi connectivity index (χ1n) is 8.66. The van der Waals surface area contributed by atoms with E-state index >= 15 is 0 Å². The number of piperazine rings is 1. The molecule has 0 aliphatic carbocycles. The molecule has 0 saturated carbocycles. The van der Waals surface area contributed by atoms with Gasteiger partial charge in [0.05, 0.1) is 12.2 Å². The number of hydrogen-bond donors (Lipinski definition) is 2. The van der Waals surface area contributed by atoms with E-state index in [1.165, 1.54) is 0 Å². The van der Waals surface area contributed by atoms with E-state index in [2.05, 4.69) is 30.6 Å². The summed E-state index contributed by atoms with van der Waals surface area (Å²) in [6, 6.07) is 11.3. The molecule has 0 unspecified atom stereocenters. The first-order valence-corrected chi connectivity index (χ1v) is 8.66. The molecule has 27 heavy (non-hydrogen) atoms. The Labute approximate surface area is 176 Å². The van der Waals surface area contributed by atoms with Crippen LogP contribution >= 0.6 is 24.0 Å². The highest BCUT2D eigenvalue weighted by Crippen LogP contribution is 2.07. The third kappa shape index (κ3) is 6.51. The largest absolute Gasteiger partial charge is 0.364 e. The second-order valence-corrected chi connectivity index (χ2v) is 6.07. The van der Waals surface area contributed by atoms with Crippen molar-refractivity contribution < 1.29 is 9.32 Å². The highest BCUT2D eigenvalue weighted by atomic mass is 127. The van der Waals surface area contributed by atoms with Crippen LogP contribution in [0.3, 0.4) is 0 Å². The number of nitrogens with one attached hydrogen (secondary N) is 2. The number of rotatable bonds is 5. The van der Waals surface area contributed by atoms with Gasteiger partial charge in [0, 0.05) is 51.5 Å². The molecular weight excluding hydrogens is 459 g/mol. The smallest absolute Gasteiger partial charge is 0.243 e. The molecule has 1 aromatic carbocycles. The van der Waals surface area contributed by atoms with Crippen LogP contribution in [0.1, 0.15) is 5.69 Å². The maximum absolute atomic E-state index is 12.1. The van der Waals surface area contributed by atoms with Gasteiger partial charge in [0.1, 0.15) is 6.26 Å². The standard InChI is InChI=1S/C18H24N6O2.HI/c1-19-18(20-13-17(25)21-15-5-3-2-4-6-15)24-10-8-23(9-11-24)14-16-7-12-26-22-16;/h2-7,12H,8-11,13-14H2,1H3,(H,19,20)(H,21,25);1H. The Kier molecular flexibility index (Phi) is 8.52. The Bertz CT molecular complexity index is 715. The number of anilines is 1. The monoisotopic (exact) mass is 484 g/mol. The van der Waals surface area contributed by atoms with Crippen molar-refractivity contribution in [1.29, 1.82) is 0 Å². The third-order valence-corrected chi connectivity index (χ3v) is 4.23. The summed E-state index contributed by atoms with van der Waals surface area (Å²) in [5.41, 5.74) is 1.73. The van der Waals surface area contributed by atoms with Crippen LogP contribution in [0.4, 0.5) is 5.69 Å². The number of benzene rings is 1. The van der Waals surface area contributed by atoms with Gasteiger partial charge in [-0.15, -0.1) is 24.0 Å². The number of halogens is 1. The molecule has 0 bridgehead atoms. The highest BCUT2D eigenvalue weighted by molar-refractivity contribution is 14.0. The zero-order valence-corrected chi connectivity index (χ0v) is 17.6. The molecule has 0 atom stereocenters. The molecule has 1 aliphatic rings. The third-order valence-electron chi connectivity index (χ3n) is 4.23. The van der Waals surface area contributed by atoms with E-state index in [0.717, 1.165) is 50.1 Å². The molecule has 2 N–H and O–H groups in total. The Morgan fingerprint density at radius 2 is 1.93 bits per heavy atom. The van der Waals surface area contributed by atoms with E-state index < -0.39 is 0 Å². The molecule has 2 aromatic rings. The van der Waals surface area contributed by atoms with Crippen molar-refractivity contribution in [2.24, 2.45) is 4.99 Å². The number of carbonyl (C=O) groups excluding carboxylic acids is 1. The predicted octanol–water partition coefficient (Wildman–Crippen LogP) is 1.62. The minimum absolute atomic E-state index is 0. The number of carbonyl (C=O) groups is 1. The molecule has 1 saturated heterocycles. The number of guanidine groups is 1. The fourth-order valence-electron chi connectivity index (χ4n) is 2.88. The van der Waals surface area contributed by atoms with E-state index in [0.29, 0.717) is 0 Å². The van der Waals surface area contributed by atoms with Crippen LogP contribution < -0.4 is 10.6 Å². The van der Waals surface area contributed by atoms with Crippen molar-refractivity contribution in [1.82, 2.24) is 20.3 Å². The van der Waals surface area contributed by atoms with E-state index in [1.807, 2.05) is 36.4 Å². The lowest BCUT2D eigenvalue weighted by Crippen LogP contribution is -2.53. The predicted molar refractivity (Wildman–Crippen MR) is 115 cm³/mol. The van der Waals surface area contributed by atoms with Crippen LogP contribution in [0, 0.1) is 0 Å². The van der Waals surface area contributed by atoms with Gasteiger partial charge in [-0.05, 0) is 12.1 Å². The lowest BCUT2D eigenvalue weighted by Gasteiger charge is -2.36. The summed E-state index contributed by atoms with van der Waals surface area (Å²) in [6.45, 7) is 4.47. The van der Waals surface area contributed by atoms with Gasteiger partial charge in [0.15, 0.2) is 5.96 Å². The highest BCUT2D eigenvalue weighted by Gasteiger charge is 2.20. The van der Waals surface area contributed by atoms with Crippen LogP contribution in [-0.4, -0.2) is 66.6 Å². The lowest BCUT2D eigenvalue weighted by molar-refractivity contribution is -0.115. The number of amides is 1. The second-order valence-electron chi connectivity index (χ2n) is 6.07. The summed E-state index contributed by atoms with van der Waals surface area (Å²) < 4.78 is 4.88. The molecule has 0 spiro atoms. The van der Waals surface area contributed by atoms with Crippen molar-refractivity contribution >= 4 is 41.5 Å². The average Bonchev–Trinajstić information content (AvgIpc) is 3.17. The zero-order valence-electron chi connectivity index (χ0n) is 15.3. The Morgan fingerprint density at radius 1 is 1.19 bits per heavy atom. The van der Waals surface area contributed by atoms with E-state index in [-0.39, 0.29) is 36.4 Å². The van der Waals surface area contributed by atoms with Crippen molar-refractivity contribution in [3.8, 4) is 0 Å². The van der Waals surface area contributed by atoms with Crippen LogP contribution in [0.15, 0.2) is 52.2 Å². The fourth-order valence-corrected chi connectivity index (χ4v) is 2.88. The minimum Gasteiger partial charge on any atom is -0.364 e. The average molecular weight is 484 g/mol. The molecular formula is C18H25IN6O2. The summed E-state index contributed by atoms with van der Waals surface area (Å²) in [4.78, 5) is 20.9. The van der Waals surface area contributed by atoms with Gasteiger partial charge in [-0.2, -0.15) is 0 Å².